The average molecular weight is 434 g/mol. The van der Waals surface area contributed by atoms with Gasteiger partial charge in [0.25, 0.3) is 0 Å². The molecule has 1 aromatic rings. The number of hydrogen-bond donors (Lipinski definition) is 2. The minimum Gasteiger partial charge on any atom is -0.465 e. The molecule has 1 amide bonds. The largest absolute Gasteiger partial charge is 0.465 e. The van der Waals surface area contributed by atoms with E-state index in [2.05, 4.69) is 15.8 Å². The third kappa shape index (κ3) is 3.77. The van der Waals surface area contributed by atoms with E-state index in [1.807, 2.05) is 6.92 Å². The Bertz CT molecular complexity index is 846. The van der Waals surface area contributed by atoms with Crippen molar-refractivity contribution in [2.45, 2.75) is 64.1 Å². The van der Waals surface area contributed by atoms with Crippen molar-refractivity contribution in [1.82, 2.24) is 15.8 Å². The standard InChI is InChI=1S/C23H32FN3O4/c1-14-12-15(31-27-14)13-26-20(28)18-16-2-3-17(23(16)4-5-23)19(18)21(29)30-11-8-22(24)6-9-25-10-7-22/h12,16-19,25H,2-11,13H2,1H3,(H,26,28)/t16-,17+,18+,19+/m0/s1. The minimum atomic E-state index is -1.26. The molecule has 4 fully saturated rings. The predicted molar refractivity (Wildman–Crippen MR) is 109 cm³/mol. The van der Waals surface area contributed by atoms with Crippen molar-refractivity contribution in [3.8, 4) is 0 Å². The second kappa shape index (κ2) is 7.87. The highest BCUT2D eigenvalue weighted by atomic mass is 19.1. The third-order valence-electron chi connectivity index (χ3n) is 8.33. The Hall–Kier alpha value is -1.96. The molecular formula is C23H32FN3O4. The summed E-state index contributed by atoms with van der Waals surface area (Å²) in [6.45, 7) is 3.50. The van der Waals surface area contributed by atoms with Crippen LogP contribution in [0.1, 0.15) is 56.4 Å². The Morgan fingerprint density at radius 1 is 1.23 bits per heavy atom. The number of hydrogen-bond acceptors (Lipinski definition) is 6. The highest BCUT2D eigenvalue weighted by Crippen LogP contribution is 2.74. The molecule has 0 aromatic carbocycles. The van der Waals surface area contributed by atoms with Gasteiger partial charge in [0.05, 0.1) is 30.7 Å². The first-order valence-electron chi connectivity index (χ1n) is 11.7. The quantitative estimate of drug-likeness (QED) is 0.642. The molecule has 2 heterocycles. The maximum Gasteiger partial charge on any atom is 0.310 e. The molecule has 2 N–H and O–H groups in total. The summed E-state index contributed by atoms with van der Waals surface area (Å²) in [6, 6.07) is 1.79. The van der Waals surface area contributed by atoms with Crippen LogP contribution in [0.4, 0.5) is 4.39 Å². The number of amides is 1. The van der Waals surface area contributed by atoms with Crippen LogP contribution in [0.3, 0.4) is 0 Å². The summed E-state index contributed by atoms with van der Waals surface area (Å²) in [6.07, 6.45) is 5.30. The third-order valence-corrected chi connectivity index (χ3v) is 8.33. The van der Waals surface area contributed by atoms with E-state index < -0.39 is 11.6 Å². The van der Waals surface area contributed by atoms with E-state index in [4.69, 9.17) is 9.26 Å². The van der Waals surface area contributed by atoms with E-state index in [1.54, 1.807) is 6.07 Å². The lowest BCUT2D eigenvalue weighted by atomic mass is 9.78. The monoisotopic (exact) mass is 433 g/mol. The maximum absolute atomic E-state index is 14.8. The van der Waals surface area contributed by atoms with Crippen LogP contribution in [0.25, 0.3) is 0 Å². The maximum atomic E-state index is 14.8. The van der Waals surface area contributed by atoms with Crippen LogP contribution in [0.15, 0.2) is 10.6 Å². The Labute approximate surface area is 181 Å². The molecule has 31 heavy (non-hydrogen) atoms. The molecule has 7 nitrogen and oxygen atoms in total. The molecule has 3 saturated carbocycles. The summed E-state index contributed by atoms with van der Waals surface area (Å²) in [4.78, 5) is 26.3. The molecule has 1 saturated heterocycles. The van der Waals surface area contributed by atoms with E-state index in [0.717, 1.165) is 31.4 Å². The van der Waals surface area contributed by atoms with Crippen molar-refractivity contribution in [2.24, 2.45) is 29.1 Å². The number of alkyl halides is 1. The van der Waals surface area contributed by atoms with Gasteiger partial charge in [0.2, 0.25) is 5.91 Å². The Balaban J connectivity index is 1.23. The normalized spacial score (nSPS) is 32.2. The topological polar surface area (TPSA) is 93.5 Å². The Morgan fingerprint density at radius 3 is 2.58 bits per heavy atom. The predicted octanol–water partition coefficient (Wildman–Crippen LogP) is 2.68. The lowest BCUT2D eigenvalue weighted by Gasteiger charge is -2.31. The average Bonchev–Trinajstić information content (AvgIpc) is 3.23. The Morgan fingerprint density at radius 2 is 1.94 bits per heavy atom. The van der Waals surface area contributed by atoms with E-state index >= 15 is 0 Å². The first-order chi connectivity index (χ1) is 14.9. The zero-order valence-corrected chi connectivity index (χ0v) is 18.1. The zero-order valence-electron chi connectivity index (χ0n) is 18.1. The Kier molecular flexibility index (Phi) is 5.31. The number of rotatable bonds is 7. The molecular weight excluding hydrogens is 401 g/mol. The van der Waals surface area contributed by atoms with E-state index in [-0.39, 0.29) is 54.6 Å². The van der Waals surface area contributed by atoms with Gasteiger partial charge in [-0.25, -0.2) is 4.39 Å². The van der Waals surface area contributed by atoms with Gasteiger partial charge in [0, 0.05) is 12.5 Å². The number of halogens is 1. The number of aryl methyl sites for hydroxylation is 1. The number of nitrogens with zero attached hydrogens (tertiary/aromatic N) is 1. The molecule has 170 valence electrons. The molecule has 3 aliphatic carbocycles. The van der Waals surface area contributed by atoms with Gasteiger partial charge in [0.15, 0.2) is 5.76 Å². The van der Waals surface area contributed by atoms with Crippen LogP contribution < -0.4 is 10.6 Å². The van der Waals surface area contributed by atoms with Crippen molar-refractivity contribution < 1.29 is 23.2 Å². The molecule has 1 aromatic heterocycles. The van der Waals surface area contributed by atoms with Crippen molar-refractivity contribution in [3.63, 3.8) is 0 Å². The van der Waals surface area contributed by atoms with Gasteiger partial charge in [-0.3, -0.25) is 9.59 Å². The first kappa shape index (κ1) is 20.9. The number of nitrogens with one attached hydrogen (secondary N) is 2. The van der Waals surface area contributed by atoms with Gasteiger partial charge >= 0.3 is 5.97 Å². The van der Waals surface area contributed by atoms with Crippen LogP contribution in [0, 0.1) is 36.0 Å². The second-order valence-electron chi connectivity index (χ2n) is 10.0. The molecule has 1 spiro atoms. The zero-order chi connectivity index (χ0) is 21.6. The summed E-state index contributed by atoms with van der Waals surface area (Å²) in [5, 5.41) is 9.96. The van der Waals surface area contributed by atoms with Gasteiger partial charge in [-0.1, -0.05) is 5.16 Å². The van der Waals surface area contributed by atoms with Gasteiger partial charge in [-0.15, -0.1) is 0 Å². The van der Waals surface area contributed by atoms with E-state index in [1.165, 1.54) is 0 Å². The van der Waals surface area contributed by atoms with Gasteiger partial charge in [0.1, 0.15) is 5.67 Å². The van der Waals surface area contributed by atoms with Gasteiger partial charge in [-0.05, 0) is 75.8 Å². The lowest BCUT2D eigenvalue weighted by Crippen LogP contribution is -2.42. The van der Waals surface area contributed by atoms with Crippen LogP contribution >= 0.6 is 0 Å². The highest BCUT2D eigenvalue weighted by molar-refractivity contribution is 5.87. The van der Waals surface area contributed by atoms with Crippen LogP contribution in [-0.2, 0) is 20.9 Å². The smallest absolute Gasteiger partial charge is 0.310 e. The number of carbonyl (C=O) groups is 2. The molecule has 4 aliphatic rings. The first-order valence-corrected chi connectivity index (χ1v) is 11.7. The fourth-order valence-electron chi connectivity index (χ4n) is 6.67. The van der Waals surface area contributed by atoms with Crippen LogP contribution in [0.2, 0.25) is 0 Å². The molecule has 5 rings (SSSR count). The van der Waals surface area contributed by atoms with Gasteiger partial charge in [-0.2, -0.15) is 0 Å². The fraction of sp³-hybridized carbons (Fsp3) is 0.783. The van der Waals surface area contributed by atoms with E-state index in [0.29, 0.717) is 31.7 Å². The van der Waals surface area contributed by atoms with Crippen LogP contribution in [0.5, 0.6) is 0 Å². The summed E-state index contributed by atoms with van der Waals surface area (Å²) >= 11 is 0. The van der Waals surface area contributed by atoms with Crippen molar-refractivity contribution in [1.29, 1.82) is 0 Å². The molecule has 0 radical (unpaired) electrons. The molecule has 0 unspecified atom stereocenters. The lowest BCUT2D eigenvalue weighted by molar-refractivity contribution is -0.156. The fourth-order valence-corrected chi connectivity index (χ4v) is 6.67. The summed E-state index contributed by atoms with van der Waals surface area (Å²) in [7, 11) is 0. The summed E-state index contributed by atoms with van der Waals surface area (Å²) in [5.41, 5.74) is -0.351. The number of esters is 1. The SMILES string of the molecule is Cc1cc(CNC(=O)[C@H]2[C@H](C(=O)OCCC3(F)CCNCC3)[C@H]3CC[C@@H]2C32CC2)on1. The number of carbonyl (C=O) groups excluding carboxylic acids is 2. The molecule has 2 bridgehead atoms. The second-order valence-corrected chi connectivity index (χ2v) is 10.0. The van der Waals surface area contributed by atoms with Crippen molar-refractivity contribution in [3.05, 3.63) is 17.5 Å². The van der Waals surface area contributed by atoms with Crippen molar-refractivity contribution in [2.75, 3.05) is 19.7 Å². The highest BCUT2D eigenvalue weighted by Gasteiger charge is 2.71. The summed E-state index contributed by atoms with van der Waals surface area (Å²) < 4.78 is 25.6. The number of piperidine rings is 1. The molecule has 4 atom stereocenters. The minimum absolute atomic E-state index is 0.0852. The summed E-state index contributed by atoms with van der Waals surface area (Å²) in [5.74, 6) is -0.141. The van der Waals surface area contributed by atoms with E-state index in [9.17, 15) is 14.0 Å². The molecule has 8 heteroatoms. The molecule has 1 aliphatic heterocycles. The van der Waals surface area contributed by atoms with Gasteiger partial charge < -0.3 is 19.9 Å². The van der Waals surface area contributed by atoms with Crippen LogP contribution in [-0.4, -0.2) is 42.4 Å². The van der Waals surface area contributed by atoms with Crippen molar-refractivity contribution >= 4 is 11.9 Å². The number of aromatic nitrogens is 1. The number of ether oxygens (including phenoxy) is 1.